The zero-order chi connectivity index (χ0) is 18.7. The Hall–Kier alpha value is -3.62. The van der Waals surface area contributed by atoms with E-state index in [-0.39, 0.29) is 12.2 Å². The van der Waals surface area contributed by atoms with Gasteiger partial charge in [-0.1, -0.05) is 0 Å². The molecule has 1 aromatic carbocycles. The first-order valence-corrected chi connectivity index (χ1v) is 7.64. The smallest absolute Gasteiger partial charge is 0.339 e. The topological polar surface area (TPSA) is 109 Å². The standard InChI is InChI=1S/C17H15N3O6/c1-25-12-6-4-11(5-7-12)20-16(23)15(22)19(17(20)24)10-14(21)18-9-13-3-2-8-26-13/h2-8H,9-10H2,1H3,(H,18,21). The summed E-state index contributed by atoms with van der Waals surface area (Å²) in [5, 5.41) is 2.51. The second kappa shape index (κ2) is 7.09. The molecule has 5 amide bonds. The molecule has 0 spiro atoms. The Morgan fingerprint density at radius 3 is 2.46 bits per heavy atom. The van der Waals surface area contributed by atoms with Crippen LogP contribution in [0.4, 0.5) is 10.5 Å². The number of imide groups is 2. The molecule has 1 fully saturated rings. The Balaban J connectivity index is 1.68. The molecule has 0 bridgehead atoms. The van der Waals surface area contributed by atoms with E-state index >= 15 is 0 Å². The van der Waals surface area contributed by atoms with Crippen LogP contribution in [-0.2, 0) is 20.9 Å². The van der Waals surface area contributed by atoms with Crippen LogP contribution in [0.5, 0.6) is 5.75 Å². The number of rotatable bonds is 6. The average Bonchev–Trinajstić information content (AvgIpc) is 3.24. The third-order valence-corrected chi connectivity index (χ3v) is 3.73. The number of hydrogen-bond acceptors (Lipinski definition) is 6. The van der Waals surface area contributed by atoms with E-state index in [4.69, 9.17) is 9.15 Å². The van der Waals surface area contributed by atoms with Crippen LogP contribution < -0.4 is 15.0 Å². The molecule has 0 radical (unpaired) electrons. The van der Waals surface area contributed by atoms with Gasteiger partial charge in [0, 0.05) is 0 Å². The summed E-state index contributed by atoms with van der Waals surface area (Å²) in [5.74, 6) is -1.60. The fraction of sp³-hybridized carbons (Fsp3) is 0.176. The highest BCUT2D eigenvalue weighted by atomic mass is 16.5. The second-order valence-corrected chi connectivity index (χ2v) is 5.37. The molecule has 0 atom stereocenters. The molecule has 1 aliphatic heterocycles. The minimum absolute atomic E-state index is 0.109. The van der Waals surface area contributed by atoms with Gasteiger partial charge in [-0.3, -0.25) is 14.4 Å². The Kier molecular flexibility index (Phi) is 4.70. The summed E-state index contributed by atoms with van der Waals surface area (Å²) in [4.78, 5) is 50.0. The van der Waals surface area contributed by atoms with Gasteiger partial charge in [0.05, 0.1) is 25.6 Å². The van der Waals surface area contributed by atoms with Gasteiger partial charge in [-0.2, -0.15) is 0 Å². The number of carbonyl (C=O) groups excluding carboxylic acids is 4. The number of ether oxygens (including phenoxy) is 1. The van der Waals surface area contributed by atoms with Gasteiger partial charge >= 0.3 is 17.8 Å². The third kappa shape index (κ3) is 3.27. The van der Waals surface area contributed by atoms with Crippen molar-refractivity contribution in [1.29, 1.82) is 0 Å². The number of nitrogens with one attached hydrogen (secondary N) is 1. The van der Waals surface area contributed by atoms with Crippen molar-refractivity contribution in [3.63, 3.8) is 0 Å². The van der Waals surface area contributed by atoms with E-state index in [9.17, 15) is 19.2 Å². The molecule has 3 rings (SSSR count). The molecule has 0 aliphatic carbocycles. The van der Waals surface area contributed by atoms with Crippen molar-refractivity contribution in [2.75, 3.05) is 18.6 Å². The molecule has 26 heavy (non-hydrogen) atoms. The summed E-state index contributed by atoms with van der Waals surface area (Å²) in [6.07, 6.45) is 1.46. The van der Waals surface area contributed by atoms with Crippen molar-refractivity contribution >= 4 is 29.4 Å². The summed E-state index contributed by atoms with van der Waals surface area (Å²) in [5.41, 5.74) is 0.215. The van der Waals surface area contributed by atoms with Crippen molar-refractivity contribution in [3.05, 3.63) is 48.4 Å². The molecule has 134 valence electrons. The van der Waals surface area contributed by atoms with E-state index < -0.39 is 30.3 Å². The number of anilines is 1. The van der Waals surface area contributed by atoms with E-state index in [0.717, 1.165) is 4.90 Å². The van der Waals surface area contributed by atoms with Crippen molar-refractivity contribution in [2.24, 2.45) is 0 Å². The minimum Gasteiger partial charge on any atom is -0.497 e. The van der Waals surface area contributed by atoms with Gasteiger partial charge in [0.1, 0.15) is 18.1 Å². The number of nitrogens with zero attached hydrogens (tertiary/aromatic N) is 2. The number of urea groups is 1. The molecule has 9 heteroatoms. The Morgan fingerprint density at radius 1 is 1.12 bits per heavy atom. The number of methoxy groups -OCH3 is 1. The highest BCUT2D eigenvalue weighted by molar-refractivity contribution is 6.53. The number of carbonyl (C=O) groups is 4. The minimum atomic E-state index is -1.06. The summed E-state index contributed by atoms with van der Waals surface area (Å²) in [6.45, 7) is -0.449. The highest BCUT2D eigenvalue weighted by Crippen LogP contribution is 2.24. The summed E-state index contributed by atoms with van der Waals surface area (Å²) < 4.78 is 10.1. The lowest BCUT2D eigenvalue weighted by Gasteiger charge is -2.15. The number of amides is 5. The third-order valence-electron chi connectivity index (χ3n) is 3.73. The summed E-state index contributed by atoms with van der Waals surface area (Å²) in [7, 11) is 1.48. The lowest BCUT2D eigenvalue weighted by molar-refractivity contribution is -0.140. The number of benzene rings is 1. The van der Waals surface area contributed by atoms with Crippen LogP contribution in [0.15, 0.2) is 47.1 Å². The molecular formula is C17H15N3O6. The maximum Gasteiger partial charge on any atom is 0.339 e. The molecule has 1 saturated heterocycles. The first-order chi connectivity index (χ1) is 12.5. The maximum absolute atomic E-state index is 12.4. The van der Waals surface area contributed by atoms with E-state index in [1.807, 2.05) is 0 Å². The van der Waals surface area contributed by atoms with Crippen LogP contribution in [0.25, 0.3) is 0 Å². The molecule has 1 aliphatic rings. The van der Waals surface area contributed by atoms with Gasteiger partial charge in [0.15, 0.2) is 0 Å². The highest BCUT2D eigenvalue weighted by Gasteiger charge is 2.46. The van der Waals surface area contributed by atoms with Crippen LogP contribution in [0.1, 0.15) is 5.76 Å². The molecule has 1 N–H and O–H groups in total. The van der Waals surface area contributed by atoms with Crippen molar-refractivity contribution < 1.29 is 28.3 Å². The summed E-state index contributed by atoms with van der Waals surface area (Å²) >= 11 is 0. The van der Waals surface area contributed by atoms with E-state index in [1.54, 1.807) is 24.3 Å². The second-order valence-electron chi connectivity index (χ2n) is 5.37. The predicted molar refractivity (Wildman–Crippen MR) is 88.1 cm³/mol. The van der Waals surface area contributed by atoms with Crippen LogP contribution in [0.3, 0.4) is 0 Å². The molecule has 0 unspecified atom stereocenters. The van der Waals surface area contributed by atoms with Crippen LogP contribution >= 0.6 is 0 Å². The Bertz CT molecular complexity index is 844. The van der Waals surface area contributed by atoms with Gasteiger partial charge in [-0.25, -0.2) is 14.6 Å². The Labute approximate surface area is 148 Å². The lowest BCUT2D eigenvalue weighted by Crippen LogP contribution is -2.41. The van der Waals surface area contributed by atoms with Gasteiger partial charge in [-0.05, 0) is 36.4 Å². The summed E-state index contributed by atoms with van der Waals surface area (Å²) in [6, 6.07) is 8.52. The van der Waals surface area contributed by atoms with E-state index in [0.29, 0.717) is 16.4 Å². The van der Waals surface area contributed by atoms with Crippen LogP contribution in [-0.4, -0.2) is 42.3 Å². The normalized spacial score (nSPS) is 14.1. The fourth-order valence-corrected chi connectivity index (χ4v) is 2.40. The molecule has 9 nitrogen and oxygen atoms in total. The monoisotopic (exact) mass is 357 g/mol. The van der Waals surface area contributed by atoms with Gasteiger partial charge < -0.3 is 14.5 Å². The zero-order valence-corrected chi connectivity index (χ0v) is 13.8. The zero-order valence-electron chi connectivity index (χ0n) is 13.8. The first-order valence-electron chi connectivity index (χ1n) is 7.64. The van der Waals surface area contributed by atoms with Crippen LogP contribution in [0, 0.1) is 0 Å². The first kappa shape index (κ1) is 17.2. The van der Waals surface area contributed by atoms with Crippen molar-refractivity contribution in [2.45, 2.75) is 6.54 Å². The van der Waals surface area contributed by atoms with Crippen LogP contribution in [0.2, 0.25) is 0 Å². The van der Waals surface area contributed by atoms with E-state index in [2.05, 4.69) is 5.32 Å². The molecular weight excluding hydrogens is 342 g/mol. The lowest BCUT2D eigenvalue weighted by atomic mass is 10.3. The number of furan rings is 1. The molecule has 2 aromatic rings. The van der Waals surface area contributed by atoms with Crippen molar-refractivity contribution in [1.82, 2.24) is 10.2 Å². The average molecular weight is 357 g/mol. The molecule has 0 saturated carbocycles. The quantitative estimate of drug-likeness (QED) is 0.608. The van der Waals surface area contributed by atoms with Crippen molar-refractivity contribution in [3.8, 4) is 5.75 Å². The largest absolute Gasteiger partial charge is 0.497 e. The molecule has 1 aromatic heterocycles. The van der Waals surface area contributed by atoms with Gasteiger partial charge in [0.2, 0.25) is 5.91 Å². The van der Waals surface area contributed by atoms with Gasteiger partial charge in [-0.15, -0.1) is 0 Å². The number of hydrogen-bond donors (Lipinski definition) is 1. The predicted octanol–water partition coefficient (Wildman–Crippen LogP) is 0.900. The maximum atomic E-state index is 12.4. The van der Waals surface area contributed by atoms with E-state index in [1.165, 1.54) is 25.5 Å². The molecule has 2 heterocycles. The fourth-order valence-electron chi connectivity index (χ4n) is 2.40. The SMILES string of the molecule is COc1ccc(N2C(=O)C(=O)N(CC(=O)NCc3ccco3)C2=O)cc1. The van der Waals surface area contributed by atoms with Gasteiger partial charge in [0.25, 0.3) is 0 Å². The Morgan fingerprint density at radius 2 is 1.85 bits per heavy atom.